The minimum absolute atomic E-state index is 0.413. The number of rotatable bonds is 4. The molecule has 1 heterocycles. The Bertz CT molecular complexity index is 857. The Kier molecular flexibility index (Phi) is 4.75. The number of nitrogens with zero attached hydrogens (tertiary/aromatic N) is 1. The Balaban J connectivity index is 1.87. The molecule has 0 aliphatic rings. The highest BCUT2D eigenvalue weighted by molar-refractivity contribution is 6.31. The summed E-state index contributed by atoms with van der Waals surface area (Å²) in [5, 5.41) is 11.7. The average Bonchev–Trinajstić information content (AvgIpc) is 2.59. The molecule has 2 nitrogen and oxygen atoms in total. The van der Waals surface area contributed by atoms with Crippen LogP contribution in [0.1, 0.15) is 36.3 Å². The second-order valence-corrected chi connectivity index (χ2v) is 5.94. The first-order chi connectivity index (χ1) is 11.2. The number of halogens is 1. The van der Waals surface area contributed by atoms with E-state index < -0.39 is 6.10 Å². The molecule has 0 aliphatic carbocycles. The van der Waals surface area contributed by atoms with Crippen molar-refractivity contribution in [2.75, 3.05) is 0 Å². The number of pyridine rings is 1. The molecule has 0 radical (unpaired) electrons. The van der Waals surface area contributed by atoms with E-state index >= 15 is 0 Å². The normalized spacial score (nSPS) is 12.8. The quantitative estimate of drug-likeness (QED) is 0.687. The molecule has 3 aromatic rings. The maximum Gasteiger partial charge on any atom is 0.0787 e. The summed E-state index contributed by atoms with van der Waals surface area (Å²) < 4.78 is 0. The zero-order chi connectivity index (χ0) is 16.2. The zero-order valence-corrected chi connectivity index (χ0v) is 13.7. The van der Waals surface area contributed by atoms with Crippen molar-refractivity contribution in [3.63, 3.8) is 0 Å². The van der Waals surface area contributed by atoms with E-state index in [9.17, 15) is 5.11 Å². The number of fused-ring (bicyclic) bond motifs is 1. The molecule has 1 aromatic heterocycles. The van der Waals surface area contributed by atoms with Crippen molar-refractivity contribution < 1.29 is 5.11 Å². The van der Waals surface area contributed by atoms with Crippen LogP contribution < -0.4 is 0 Å². The molecule has 116 valence electrons. The molecule has 0 bridgehead atoms. The van der Waals surface area contributed by atoms with Gasteiger partial charge in [0.2, 0.25) is 0 Å². The van der Waals surface area contributed by atoms with Crippen molar-refractivity contribution in [1.29, 1.82) is 0 Å². The smallest absolute Gasteiger partial charge is 0.0787 e. The molecule has 0 unspecified atom stereocenters. The molecule has 0 spiro atoms. The molecular formula is C20H18ClNO. The van der Waals surface area contributed by atoms with Crippen LogP contribution in [-0.4, -0.2) is 10.1 Å². The molecule has 0 fully saturated rings. The molecular weight excluding hydrogens is 306 g/mol. The fraction of sp³-hybridized carbons (Fsp3) is 0.150. The number of benzene rings is 2. The van der Waals surface area contributed by atoms with Gasteiger partial charge in [-0.3, -0.25) is 0 Å². The minimum atomic E-state index is -0.413. The van der Waals surface area contributed by atoms with Gasteiger partial charge in [-0.1, -0.05) is 54.9 Å². The number of aliphatic hydroxyl groups excluding tert-OH is 1. The highest BCUT2D eigenvalue weighted by Crippen LogP contribution is 2.20. The van der Waals surface area contributed by atoms with Crippen molar-refractivity contribution in [3.8, 4) is 0 Å². The second-order valence-electron chi connectivity index (χ2n) is 5.50. The zero-order valence-electron chi connectivity index (χ0n) is 12.9. The van der Waals surface area contributed by atoms with Crippen LogP contribution in [0, 0.1) is 0 Å². The lowest BCUT2D eigenvalue weighted by Gasteiger charge is -2.08. The molecule has 0 saturated heterocycles. The van der Waals surface area contributed by atoms with E-state index in [2.05, 4.69) is 4.98 Å². The van der Waals surface area contributed by atoms with E-state index in [1.54, 1.807) is 0 Å². The summed E-state index contributed by atoms with van der Waals surface area (Å²) >= 11 is 6.02. The third-order valence-electron chi connectivity index (χ3n) is 3.80. The van der Waals surface area contributed by atoms with Gasteiger partial charge in [0.1, 0.15) is 0 Å². The Morgan fingerprint density at radius 3 is 2.74 bits per heavy atom. The van der Waals surface area contributed by atoms with E-state index in [0.29, 0.717) is 11.4 Å². The topological polar surface area (TPSA) is 33.1 Å². The van der Waals surface area contributed by atoms with E-state index in [4.69, 9.17) is 11.6 Å². The Labute approximate surface area is 141 Å². The summed E-state index contributed by atoms with van der Waals surface area (Å²) in [6, 6.07) is 17.6. The van der Waals surface area contributed by atoms with Crippen molar-refractivity contribution in [2.45, 2.75) is 19.4 Å². The molecule has 3 rings (SSSR count). The summed E-state index contributed by atoms with van der Waals surface area (Å²) in [7, 11) is 0. The van der Waals surface area contributed by atoms with Crippen LogP contribution in [-0.2, 0) is 0 Å². The van der Waals surface area contributed by atoms with Gasteiger partial charge < -0.3 is 5.11 Å². The lowest BCUT2D eigenvalue weighted by Crippen LogP contribution is -1.94. The van der Waals surface area contributed by atoms with Crippen LogP contribution in [0.25, 0.3) is 23.1 Å². The molecule has 2 aromatic carbocycles. The van der Waals surface area contributed by atoms with E-state index in [0.717, 1.165) is 27.7 Å². The van der Waals surface area contributed by atoms with E-state index in [1.165, 1.54) is 0 Å². The molecule has 3 heteroatoms. The number of hydrogen-bond donors (Lipinski definition) is 1. The van der Waals surface area contributed by atoms with Gasteiger partial charge in [-0.15, -0.1) is 0 Å². The van der Waals surface area contributed by atoms with E-state index in [1.807, 2.05) is 73.7 Å². The van der Waals surface area contributed by atoms with Crippen LogP contribution in [0.4, 0.5) is 0 Å². The molecule has 1 N–H and O–H groups in total. The predicted molar refractivity (Wildman–Crippen MR) is 97.4 cm³/mol. The van der Waals surface area contributed by atoms with Gasteiger partial charge in [0.15, 0.2) is 0 Å². The molecule has 1 atom stereocenters. The monoisotopic (exact) mass is 323 g/mol. The second kappa shape index (κ2) is 6.95. The summed E-state index contributed by atoms with van der Waals surface area (Å²) in [5.41, 5.74) is 3.74. The van der Waals surface area contributed by atoms with Crippen LogP contribution in [0.15, 0.2) is 54.6 Å². The largest absolute Gasteiger partial charge is 0.388 e. The van der Waals surface area contributed by atoms with Gasteiger partial charge in [-0.05, 0) is 47.9 Å². The third-order valence-corrected chi connectivity index (χ3v) is 4.04. The number of hydrogen-bond acceptors (Lipinski definition) is 2. The SMILES string of the molecule is CC[C@H](O)c1cccc(C=Cc2ccc3ccc(Cl)cc3n2)c1. The Morgan fingerprint density at radius 1 is 1.09 bits per heavy atom. The summed E-state index contributed by atoms with van der Waals surface area (Å²) in [5.74, 6) is 0. The van der Waals surface area contributed by atoms with Gasteiger partial charge in [-0.25, -0.2) is 4.98 Å². The van der Waals surface area contributed by atoms with Gasteiger partial charge in [0, 0.05) is 10.4 Å². The van der Waals surface area contributed by atoms with Crippen molar-refractivity contribution in [3.05, 3.63) is 76.4 Å². The lowest BCUT2D eigenvalue weighted by atomic mass is 10.0. The first-order valence-electron chi connectivity index (χ1n) is 7.68. The minimum Gasteiger partial charge on any atom is -0.388 e. The summed E-state index contributed by atoms with van der Waals surface area (Å²) in [6.45, 7) is 1.97. The molecule has 0 saturated carbocycles. The number of aromatic nitrogens is 1. The Hall–Kier alpha value is -2.16. The maximum atomic E-state index is 9.93. The van der Waals surface area contributed by atoms with Crippen LogP contribution in [0.5, 0.6) is 0 Å². The average molecular weight is 324 g/mol. The molecule has 0 amide bonds. The van der Waals surface area contributed by atoms with Crippen LogP contribution in [0.3, 0.4) is 0 Å². The standard InChI is InChI=1S/C20H18ClNO/c1-2-20(23)16-5-3-4-14(12-16)6-10-18-11-8-15-7-9-17(21)13-19(15)22-18/h3-13,20,23H,2H2,1H3/t20-/m0/s1. The fourth-order valence-corrected chi connectivity index (χ4v) is 2.65. The van der Waals surface area contributed by atoms with Crippen molar-refractivity contribution in [2.24, 2.45) is 0 Å². The molecule has 0 aliphatic heterocycles. The van der Waals surface area contributed by atoms with Gasteiger partial charge in [-0.2, -0.15) is 0 Å². The van der Waals surface area contributed by atoms with Crippen molar-refractivity contribution in [1.82, 2.24) is 4.98 Å². The first kappa shape index (κ1) is 15.7. The molecule has 23 heavy (non-hydrogen) atoms. The number of aliphatic hydroxyl groups is 1. The van der Waals surface area contributed by atoms with Crippen LogP contribution in [0.2, 0.25) is 5.02 Å². The highest BCUT2D eigenvalue weighted by Gasteiger charge is 2.04. The lowest BCUT2D eigenvalue weighted by molar-refractivity contribution is 0.173. The highest BCUT2D eigenvalue weighted by atomic mass is 35.5. The van der Waals surface area contributed by atoms with Crippen molar-refractivity contribution >= 4 is 34.7 Å². The van der Waals surface area contributed by atoms with Gasteiger partial charge in [0.25, 0.3) is 0 Å². The summed E-state index contributed by atoms with van der Waals surface area (Å²) in [4.78, 5) is 4.60. The maximum absolute atomic E-state index is 9.93. The third kappa shape index (κ3) is 3.79. The predicted octanol–water partition coefficient (Wildman–Crippen LogP) is 5.50. The van der Waals surface area contributed by atoms with Crippen LogP contribution >= 0.6 is 11.6 Å². The van der Waals surface area contributed by atoms with Gasteiger partial charge >= 0.3 is 0 Å². The Morgan fingerprint density at radius 2 is 1.91 bits per heavy atom. The van der Waals surface area contributed by atoms with Gasteiger partial charge in [0.05, 0.1) is 17.3 Å². The first-order valence-corrected chi connectivity index (χ1v) is 8.06. The summed E-state index contributed by atoms with van der Waals surface area (Å²) in [6.07, 6.45) is 4.27. The van der Waals surface area contributed by atoms with E-state index in [-0.39, 0.29) is 0 Å². The fourth-order valence-electron chi connectivity index (χ4n) is 2.49.